The summed E-state index contributed by atoms with van der Waals surface area (Å²) in [5.74, 6) is 0. The lowest BCUT2D eigenvalue weighted by molar-refractivity contribution is 0.673. The molecule has 0 fully saturated rings. The van der Waals surface area contributed by atoms with Gasteiger partial charge in [-0.2, -0.15) is 0 Å². The lowest BCUT2D eigenvalue weighted by Gasteiger charge is -2.28. The number of hydrogen-bond acceptors (Lipinski definition) is 2. The molecule has 0 spiro atoms. The van der Waals surface area contributed by atoms with Crippen LogP contribution in [0.2, 0.25) is 0 Å². The van der Waals surface area contributed by atoms with Gasteiger partial charge in [-0.05, 0) is 137 Å². The molecule has 66 heavy (non-hydrogen) atoms. The van der Waals surface area contributed by atoms with Crippen LogP contribution in [0.1, 0.15) is 0 Å². The monoisotopic (exact) mass is 839 g/mol. The Morgan fingerprint density at radius 1 is 0.273 bits per heavy atom. The van der Waals surface area contributed by atoms with E-state index in [2.05, 4.69) is 254 Å². The fraction of sp³-hybridized carbons (Fsp3) is 0. The number of benzene rings is 12. The molecule has 308 valence electrons. The molecule has 0 aliphatic heterocycles. The van der Waals surface area contributed by atoms with E-state index in [4.69, 9.17) is 4.42 Å². The summed E-state index contributed by atoms with van der Waals surface area (Å²) < 4.78 is 6.68. The third kappa shape index (κ3) is 6.26. The maximum Gasteiger partial charge on any atom is 0.143 e. The van der Waals surface area contributed by atoms with Crippen molar-refractivity contribution in [2.24, 2.45) is 0 Å². The molecular formula is C64H41NO. The van der Waals surface area contributed by atoms with Crippen LogP contribution in [0.3, 0.4) is 0 Å². The summed E-state index contributed by atoms with van der Waals surface area (Å²) in [7, 11) is 0. The maximum atomic E-state index is 6.68. The van der Waals surface area contributed by atoms with E-state index in [1.54, 1.807) is 0 Å². The van der Waals surface area contributed by atoms with Crippen molar-refractivity contribution in [3.05, 3.63) is 249 Å². The van der Waals surface area contributed by atoms with Crippen LogP contribution in [0.15, 0.2) is 253 Å². The number of furan rings is 1. The number of rotatable bonds is 7. The van der Waals surface area contributed by atoms with Gasteiger partial charge in [0.1, 0.15) is 11.2 Å². The number of hydrogen-bond donors (Lipinski definition) is 0. The Hall–Kier alpha value is -8.72. The first-order valence-corrected chi connectivity index (χ1v) is 22.7. The second kappa shape index (κ2) is 15.5. The maximum absolute atomic E-state index is 6.68. The quantitative estimate of drug-likeness (QED) is 0.149. The van der Waals surface area contributed by atoms with Crippen LogP contribution < -0.4 is 4.90 Å². The average molecular weight is 840 g/mol. The fourth-order valence-corrected chi connectivity index (χ4v) is 10.4. The highest BCUT2D eigenvalue weighted by molar-refractivity contribution is 6.23. The van der Waals surface area contributed by atoms with Gasteiger partial charge >= 0.3 is 0 Å². The number of fused-ring (bicyclic) bond motifs is 9. The summed E-state index contributed by atoms with van der Waals surface area (Å²) in [6.07, 6.45) is 0. The van der Waals surface area contributed by atoms with E-state index in [0.717, 1.165) is 61.1 Å². The second-order valence-corrected chi connectivity index (χ2v) is 17.2. The third-order valence-corrected chi connectivity index (χ3v) is 13.4. The molecule has 0 bridgehead atoms. The van der Waals surface area contributed by atoms with Crippen molar-refractivity contribution in [3.8, 4) is 44.5 Å². The molecule has 13 aromatic rings. The van der Waals surface area contributed by atoms with Crippen LogP contribution >= 0.6 is 0 Å². The van der Waals surface area contributed by atoms with Crippen LogP contribution in [0.5, 0.6) is 0 Å². The molecule has 0 radical (unpaired) electrons. The Balaban J connectivity index is 1.06. The normalized spacial score (nSPS) is 11.6. The number of anilines is 3. The van der Waals surface area contributed by atoms with Crippen LogP contribution in [-0.2, 0) is 0 Å². The van der Waals surface area contributed by atoms with Crippen molar-refractivity contribution >= 4 is 82.1 Å². The summed E-state index contributed by atoms with van der Waals surface area (Å²) in [5, 5.41) is 11.9. The molecule has 0 aliphatic rings. The molecule has 13 rings (SSSR count). The van der Waals surface area contributed by atoms with Crippen LogP contribution in [0.4, 0.5) is 17.1 Å². The lowest BCUT2D eigenvalue weighted by atomic mass is 9.85. The zero-order valence-electron chi connectivity index (χ0n) is 36.0. The SMILES string of the molecule is c1ccc(-c2c(-c3ccccc3)c3cc(N(c4cccc(-c5ccc6ccccc6c5)c4)c4cccc(-c5cccc6oc7c8ccccc8ccc7c56)c4)ccc3c3ccccc23)cc1. The highest BCUT2D eigenvalue weighted by Gasteiger charge is 2.22. The highest BCUT2D eigenvalue weighted by Crippen LogP contribution is 2.48. The first-order chi connectivity index (χ1) is 32.7. The predicted octanol–water partition coefficient (Wildman–Crippen LogP) is 18.3. The first kappa shape index (κ1) is 37.8. The molecule has 12 aromatic carbocycles. The second-order valence-electron chi connectivity index (χ2n) is 17.2. The zero-order valence-corrected chi connectivity index (χ0v) is 36.0. The molecule has 0 aliphatic carbocycles. The van der Waals surface area contributed by atoms with E-state index in [-0.39, 0.29) is 0 Å². The van der Waals surface area contributed by atoms with Crippen molar-refractivity contribution in [1.29, 1.82) is 0 Å². The van der Waals surface area contributed by atoms with Gasteiger partial charge in [0.25, 0.3) is 0 Å². The van der Waals surface area contributed by atoms with Crippen molar-refractivity contribution < 1.29 is 4.42 Å². The Kier molecular flexibility index (Phi) is 8.89. The van der Waals surface area contributed by atoms with Gasteiger partial charge in [-0.1, -0.05) is 194 Å². The highest BCUT2D eigenvalue weighted by atomic mass is 16.3. The molecule has 1 aromatic heterocycles. The van der Waals surface area contributed by atoms with Crippen molar-refractivity contribution in [1.82, 2.24) is 0 Å². The Morgan fingerprint density at radius 2 is 0.803 bits per heavy atom. The van der Waals surface area contributed by atoms with E-state index in [1.807, 2.05) is 0 Å². The summed E-state index contributed by atoms with van der Waals surface area (Å²) in [4.78, 5) is 2.43. The standard InChI is InChI=1S/C64H41NO/c1-3-18-44(19-4-1)61-57-29-12-11-28-55(57)56-37-35-52(41-59(56)62(61)45-20-5-2-6-21-45)65(50-25-13-23-47(39-50)48-33-32-42-16-7-8-22-46(42)38-48)51-26-14-24-49(40-51)53-30-15-31-60-63(53)58-36-34-43-17-9-10-27-54(43)64(58)66-60/h1-41H. The Morgan fingerprint density at radius 3 is 1.58 bits per heavy atom. The van der Waals surface area contributed by atoms with Gasteiger partial charge in [-0.15, -0.1) is 0 Å². The summed E-state index contributed by atoms with van der Waals surface area (Å²) in [6.45, 7) is 0. The van der Waals surface area contributed by atoms with Gasteiger partial charge in [0.15, 0.2) is 0 Å². The molecule has 0 atom stereocenters. The van der Waals surface area contributed by atoms with Gasteiger partial charge in [0.05, 0.1) is 0 Å². The molecule has 0 N–H and O–H groups in total. The van der Waals surface area contributed by atoms with Gasteiger partial charge in [0, 0.05) is 33.2 Å². The first-order valence-electron chi connectivity index (χ1n) is 22.7. The molecule has 2 heteroatoms. The van der Waals surface area contributed by atoms with E-state index in [1.165, 1.54) is 65.5 Å². The topological polar surface area (TPSA) is 16.4 Å². The predicted molar refractivity (Wildman–Crippen MR) is 280 cm³/mol. The lowest BCUT2D eigenvalue weighted by Crippen LogP contribution is -2.10. The van der Waals surface area contributed by atoms with E-state index >= 15 is 0 Å². The van der Waals surface area contributed by atoms with Crippen LogP contribution in [0.25, 0.3) is 110 Å². The minimum absolute atomic E-state index is 0.883. The summed E-state index contributed by atoms with van der Waals surface area (Å²) in [6, 6.07) is 90.4. The molecule has 2 nitrogen and oxygen atoms in total. The third-order valence-electron chi connectivity index (χ3n) is 13.4. The smallest absolute Gasteiger partial charge is 0.143 e. The molecular weight excluding hydrogens is 799 g/mol. The largest absolute Gasteiger partial charge is 0.455 e. The van der Waals surface area contributed by atoms with E-state index in [0.29, 0.717) is 0 Å². The van der Waals surface area contributed by atoms with Gasteiger partial charge in [-0.3, -0.25) is 0 Å². The van der Waals surface area contributed by atoms with E-state index < -0.39 is 0 Å². The van der Waals surface area contributed by atoms with Gasteiger partial charge in [-0.25, -0.2) is 0 Å². The van der Waals surface area contributed by atoms with Crippen molar-refractivity contribution in [3.63, 3.8) is 0 Å². The van der Waals surface area contributed by atoms with Gasteiger partial charge < -0.3 is 9.32 Å². The molecule has 0 amide bonds. The minimum atomic E-state index is 0.883. The summed E-state index contributed by atoms with van der Waals surface area (Å²) >= 11 is 0. The minimum Gasteiger partial charge on any atom is -0.455 e. The molecule has 1 heterocycles. The fourth-order valence-electron chi connectivity index (χ4n) is 10.4. The van der Waals surface area contributed by atoms with Crippen molar-refractivity contribution in [2.45, 2.75) is 0 Å². The van der Waals surface area contributed by atoms with Crippen LogP contribution in [0, 0.1) is 0 Å². The molecule has 0 saturated heterocycles. The molecule has 0 unspecified atom stereocenters. The van der Waals surface area contributed by atoms with Crippen molar-refractivity contribution in [2.75, 3.05) is 4.90 Å². The summed E-state index contributed by atoms with van der Waals surface area (Å²) in [5.41, 5.74) is 14.4. The van der Waals surface area contributed by atoms with Crippen LogP contribution in [-0.4, -0.2) is 0 Å². The Labute approximate surface area is 382 Å². The van der Waals surface area contributed by atoms with E-state index in [9.17, 15) is 0 Å². The molecule has 0 saturated carbocycles. The van der Waals surface area contributed by atoms with Gasteiger partial charge in [0.2, 0.25) is 0 Å². The zero-order chi connectivity index (χ0) is 43.6. The average Bonchev–Trinajstić information content (AvgIpc) is 3.79. The Bertz CT molecular complexity index is 4000. The number of nitrogens with zero attached hydrogens (tertiary/aromatic N) is 1.